The van der Waals surface area contributed by atoms with Gasteiger partial charge in [-0.1, -0.05) is 13.8 Å². The van der Waals surface area contributed by atoms with Gasteiger partial charge in [0, 0.05) is 13.1 Å². The maximum atomic E-state index is 11.9. The minimum absolute atomic E-state index is 0.0621. The Balaban J connectivity index is 2.32. The lowest BCUT2D eigenvalue weighted by molar-refractivity contribution is 0.510. The van der Waals surface area contributed by atoms with Crippen molar-refractivity contribution >= 4 is 22.6 Å². The molecule has 0 saturated carbocycles. The van der Waals surface area contributed by atoms with E-state index in [1.807, 2.05) is 6.92 Å². The first-order chi connectivity index (χ1) is 8.52. The highest BCUT2D eigenvalue weighted by molar-refractivity contribution is 14.1. The zero-order valence-electron chi connectivity index (χ0n) is 11.4. The molecule has 0 fully saturated rings. The average Bonchev–Trinajstić information content (AvgIpc) is 2.33. The van der Waals surface area contributed by atoms with E-state index in [0.717, 1.165) is 28.3 Å². The van der Waals surface area contributed by atoms with E-state index in [9.17, 15) is 4.79 Å². The fourth-order valence-electron chi connectivity index (χ4n) is 1.67. The summed E-state index contributed by atoms with van der Waals surface area (Å²) in [4.78, 5) is 16.1. The van der Waals surface area contributed by atoms with Gasteiger partial charge in [0.2, 0.25) is 0 Å². The van der Waals surface area contributed by atoms with E-state index in [1.165, 1.54) is 12.8 Å². The van der Waals surface area contributed by atoms with E-state index in [2.05, 4.69) is 46.7 Å². The third-order valence-electron chi connectivity index (χ3n) is 2.82. The van der Waals surface area contributed by atoms with Crippen molar-refractivity contribution in [1.29, 1.82) is 0 Å². The summed E-state index contributed by atoms with van der Waals surface area (Å²) in [5.74, 6) is 0.761. The Bertz CT molecular complexity index is 429. The molecule has 0 aromatic carbocycles. The summed E-state index contributed by atoms with van der Waals surface area (Å²) < 4.78 is 2.39. The quantitative estimate of drug-likeness (QED) is 0.597. The third kappa shape index (κ3) is 5.06. The summed E-state index contributed by atoms with van der Waals surface area (Å²) in [7, 11) is 0. The first-order valence-electron chi connectivity index (χ1n) is 6.44. The van der Waals surface area contributed by atoms with E-state index in [0.29, 0.717) is 6.54 Å². The molecule has 5 heteroatoms. The molecule has 0 aliphatic rings. The second-order valence-electron chi connectivity index (χ2n) is 4.93. The molecule has 1 rings (SSSR count). The molecule has 1 N–H and O–H groups in total. The predicted octanol–water partition coefficient (Wildman–Crippen LogP) is 2.18. The van der Waals surface area contributed by atoms with Gasteiger partial charge in [-0.25, -0.2) is 4.98 Å². The van der Waals surface area contributed by atoms with Gasteiger partial charge >= 0.3 is 0 Å². The number of hydrogen-bond acceptors (Lipinski definition) is 3. The van der Waals surface area contributed by atoms with Crippen LogP contribution in [-0.4, -0.2) is 22.6 Å². The van der Waals surface area contributed by atoms with Crippen LogP contribution in [0.2, 0.25) is 0 Å². The minimum Gasteiger partial charge on any atom is -0.315 e. The third-order valence-corrected chi connectivity index (χ3v) is 4.06. The number of nitrogens with zero attached hydrogens (tertiary/aromatic N) is 2. The number of aryl methyl sites for hydroxylation is 1. The van der Waals surface area contributed by atoms with E-state index in [1.54, 1.807) is 10.9 Å². The maximum Gasteiger partial charge on any atom is 0.267 e. The Hall–Kier alpha value is -0.430. The molecule has 0 saturated heterocycles. The van der Waals surface area contributed by atoms with Gasteiger partial charge in [-0.05, 0) is 54.8 Å². The van der Waals surface area contributed by atoms with Crippen molar-refractivity contribution in [3.8, 4) is 0 Å². The van der Waals surface area contributed by atoms with Crippen LogP contribution < -0.4 is 10.9 Å². The highest BCUT2D eigenvalue weighted by atomic mass is 127. The van der Waals surface area contributed by atoms with Gasteiger partial charge < -0.3 is 5.32 Å². The first kappa shape index (κ1) is 15.6. The highest BCUT2D eigenvalue weighted by Gasteiger charge is 2.04. The van der Waals surface area contributed by atoms with Crippen LogP contribution >= 0.6 is 22.6 Å². The van der Waals surface area contributed by atoms with Gasteiger partial charge in [0.25, 0.3) is 5.56 Å². The lowest BCUT2D eigenvalue weighted by atomic mass is 10.1. The molecule has 1 heterocycles. The van der Waals surface area contributed by atoms with Crippen molar-refractivity contribution in [2.24, 2.45) is 5.92 Å². The largest absolute Gasteiger partial charge is 0.315 e. The highest BCUT2D eigenvalue weighted by Crippen LogP contribution is 2.02. The Morgan fingerprint density at radius 3 is 2.83 bits per heavy atom. The molecule has 0 bridgehead atoms. The molecular weight excluding hydrogens is 341 g/mol. The van der Waals surface area contributed by atoms with E-state index < -0.39 is 0 Å². The maximum absolute atomic E-state index is 11.9. The van der Waals surface area contributed by atoms with Gasteiger partial charge in [0.05, 0.1) is 15.6 Å². The second-order valence-corrected chi connectivity index (χ2v) is 6.01. The van der Waals surface area contributed by atoms with Crippen LogP contribution in [0.5, 0.6) is 0 Å². The van der Waals surface area contributed by atoms with Crippen LogP contribution in [0.15, 0.2) is 11.1 Å². The Labute approximate surface area is 122 Å². The lowest BCUT2D eigenvalue weighted by Gasteiger charge is -2.09. The number of aromatic nitrogens is 2. The Morgan fingerprint density at radius 2 is 2.17 bits per heavy atom. The normalized spacial score (nSPS) is 11.2. The lowest BCUT2D eigenvalue weighted by Crippen LogP contribution is -2.29. The molecule has 0 aliphatic heterocycles. The zero-order chi connectivity index (χ0) is 13.5. The predicted molar refractivity (Wildman–Crippen MR) is 82.9 cm³/mol. The summed E-state index contributed by atoms with van der Waals surface area (Å²) in [5.41, 5.74) is 0.869. The molecule has 0 spiro atoms. The van der Waals surface area contributed by atoms with E-state index in [-0.39, 0.29) is 5.56 Å². The molecule has 0 amide bonds. The second kappa shape index (κ2) is 7.89. The van der Waals surface area contributed by atoms with Gasteiger partial charge in [-0.2, -0.15) is 0 Å². The monoisotopic (exact) mass is 363 g/mol. The van der Waals surface area contributed by atoms with Crippen LogP contribution in [-0.2, 0) is 6.54 Å². The smallest absolute Gasteiger partial charge is 0.267 e. The summed E-state index contributed by atoms with van der Waals surface area (Å²) in [5, 5.41) is 3.36. The fraction of sp³-hybridized carbons (Fsp3) is 0.692. The topological polar surface area (TPSA) is 46.9 Å². The van der Waals surface area contributed by atoms with Crippen LogP contribution in [0.3, 0.4) is 0 Å². The van der Waals surface area contributed by atoms with Crippen molar-refractivity contribution in [3.63, 3.8) is 0 Å². The van der Waals surface area contributed by atoms with Gasteiger partial charge in [-0.15, -0.1) is 0 Å². The summed E-state index contributed by atoms with van der Waals surface area (Å²) in [6.45, 7) is 8.85. The van der Waals surface area contributed by atoms with Crippen LogP contribution in [0, 0.1) is 16.4 Å². The molecule has 18 heavy (non-hydrogen) atoms. The molecule has 0 unspecified atom stereocenters. The minimum atomic E-state index is 0.0621. The number of halogens is 1. The summed E-state index contributed by atoms with van der Waals surface area (Å²) in [6.07, 6.45) is 4.07. The standard InChI is InChI=1S/C13H22IN3O/c1-10(2)5-4-6-15-7-8-17-9-16-11(3)12(14)13(17)18/h9-10,15H,4-8H2,1-3H3. The zero-order valence-corrected chi connectivity index (χ0v) is 13.5. The fourth-order valence-corrected chi connectivity index (χ4v) is 2.11. The number of rotatable bonds is 7. The molecule has 102 valence electrons. The van der Waals surface area contributed by atoms with Crippen molar-refractivity contribution in [3.05, 3.63) is 25.9 Å². The van der Waals surface area contributed by atoms with Gasteiger partial charge in [0.15, 0.2) is 0 Å². The average molecular weight is 363 g/mol. The number of nitrogens with one attached hydrogen (secondary N) is 1. The van der Waals surface area contributed by atoms with Gasteiger partial charge in [0.1, 0.15) is 0 Å². The van der Waals surface area contributed by atoms with Crippen LogP contribution in [0.25, 0.3) is 0 Å². The Kier molecular flexibility index (Phi) is 6.85. The van der Waals surface area contributed by atoms with Crippen LogP contribution in [0.1, 0.15) is 32.4 Å². The van der Waals surface area contributed by atoms with Crippen molar-refractivity contribution in [2.75, 3.05) is 13.1 Å². The molecule has 0 atom stereocenters. The van der Waals surface area contributed by atoms with E-state index in [4.69, 9.17) is 0 Å². The van der Waals surface area contributed by atoms with Crippen LogP contribution in [0.4, 0.5) is 0 Å². The SMILES string of the molecule is Cc1ncn(CCNCCCC(C)C)c(=O)c1I. The van der Waals surface area contributed by atoms with Gasteiger partial charge in [-0.3, -0.25) is 9.36 Å². The molecule has 1 aromatic heterocycles. The van der Waals surface area contributed by atoms with Crippen molar-refractivity contribution in [1.82, 2.24) is 14.9 Å². The molecule has 0 aliphatic carbocycles. The molecule has 4 nitrogen and oxygen atoms in total. The summed E-state index contributed by atoms with van der Waals surface area (Å²) in [6, 6.07) is 0. The molecule has 1 aromatic rings. The van der Waals surface area contributed by atoms with E-state index >= 15 is 0 Å². The molecular formula is C13H22IN3O. The van der Waals surface area contributed by atoms with Crippen molar-refractivity contribution in [2.45, 2.75) is 40.2 Å². The Morgan fingerprint density at radius 1 is 1.44 bits per heavy atom. The van der Waals surface area contributed by atoms with Crippen molar-refractivity contribution < 1.29 is 0 Å². The first-order valence-corrected chi connectivity index (χ1v) is 7.52. The molecule has 0 radical (unpaired) electrons. The number of hydrogen-bond donors (Lipinski definition) is 1. The summed E-state index contributed by atoms with van der Waals surface area (Å²) >= 11 is 2.06.